The van der Waals surface area contributed by atoms with Crippen molar-refractivity contribution in [1.29, 1.82) is 0 Å². The van der Waals surface area contributed by atoms with Gasteiger partial charge in [0.15, 0.2) is 12.1 Å². The summed E-state index contributed by atoms with van der Waals surface area (Å²) < 4.78 is 0. The zero-order chi connectivity index (χ0) is 20.9. The van der Waals surface area contributed by atoms with Gasteiger partial charge in [-0.05, 0) is 30.5 Å². The van der Waals surface area contributed by atoms with Crippen LogP contribution in [0.15, 0.2) is 29.4 Å². The number of hydrogen-bond donors (Lipinski definition) is 1. The first-order valence-electron chi connectivity index (χ1n) is 10.7. The molecule has 160 valence electrons. The minimum Gasteiger partial charge on any atom is -0.339 e. The van der Waals surface area contributed by atoms with Crippen LogP contribution in [0.1, 0.15) is 36.2 Å². The largest absolute Gasteiger partial charge is 0.339 e. The number of piperidine rings is 1. The average Bonchev–Trinajstić information content (AvgIpc) is 2.73. The van der Waals surface area contributed by atoms with Crippen molar-refractivity contribution in [3.63, 3.8) is 0 Å². The number of piperazine rings is 1. The van der Waals surface area contributed by atoms with E-state index in [0.29, 0.717) is 31.6 Å². The maximum atomic E-state index is 12.7. The number of aldehydes is 1. The fraction of sp³-hybridized carbons (Fsp3) is 0.571. The molecule has 0 spiro atoms. The average molecular weight is 412 g/mol. The molecule has 1 aromatic rings. The predicted molar refractivity (Wildman–Crippen MR) is 114 cm³/mol. The summed E-state index contributed by atoms with van der Waals surface area (Å²) >= 11 is 0. The number of rotatable bonds is 6. The Morgan fingerprint density at radius 2 is 2.00 bits per heavy atom. The van der Waals surface area contributed by atoms with Gasteiger partial charge in [-0.15, -0.1) is 10.2 Å². The molecule has 0 aromatic carbocycles. The van der Waals surface area contributed by atoms with Crippen LogP contribution in [0.3, 0.4) is 0 Å². The quantitative estimate of drug-likeness (QED) is 0.552. The number of hydrogen-bond acceptors (Lipinski definition) is 8. The first-order chi connectivity index (χ1) is 14.6. The first-order valence-corrected chi connectivity index (χ1v) is 10.7. The minimum absolute atomic E-state index is 0.208. The molecule has 0 bridgehead atoms. The van der Waals surface area contributed by atoms with E-state index in [1.165, 1.54) is 19.3 Å². The molecule has 3 heterocycles. The molecule has 9 heteroatoms. The smallest absolute Gasteiger partial charge is 0.236 e. The van der Waals surface area contributed by atoms with Crippen molar-refractivity contribution in [2.75, 3.05) is 51.2 Å². The van der Waals surface area contributed by atoms with Crippen LogP contribution in [0.25, 0.3) is 0 Å². The van der Waals surface area contributed by atoms with Gasteiger partial charge in [-0.1, -0.05) is 13.0 Å². The van der Waals surface area contributed by atoms with Crippen LogP contribution < -0.4 is 5.43 Å². The second-order valence-corrected chi connectivity index (χ2v) is 8.20. The first kappa shape index (κ1) is 20.6. The van der Waals surface area contributed by atoms with Crippen molar-refractivity contribution in [3.05, 3.63) is 30.0 Å². The molecule has 0 atom stereocenters. The fourth-order valence-electron chi connectivity index (χ4n) is 4.12. The van der Waals surface area contributed by atoms with Crippen LogP contribution in [-0.4, -0.2) is 94.7 Å². The number of nitrogens with one attached hydrogen (secondary N) is 1. The Morgan fingerprint density at radius 3 is 2.60 bits per heavy atom. The van der Waals surface area contributed by atoms with E-state index in [4.69, 9.17) is 0 Å². The fourth-order valence-corrected chi connectivity index (χ4v) is 4.12. The van der Waals surface area contributed by atoms with Gasteiger partial charge in [-0.25, -0.2) is 0 Å². The Bertz CT molecular complexity index is 811. The number of nitrogens with zero attached hydrogens (tertiary/aromatic N) is 6. The number of hydrazone groups is 1. The second kappa shape index (κ2) is 9.44. The van der Waals surface area contributed by atoms with Gasteiger partial charge >= 0.3 is 0 Å². The Kier molecular flexibility index (Phi) is 6.49. The van der Waals surface area contributed by atoms with Crippen molar-refractivity contribution in [1.82, 2.24) is 24.9 Å². The van der Waals surface area contributed by atoms with E-state index in [0.717, 1.165) is 50.1 Å². The van der Waals surface area contributed by atoms with Crippen LogP contribution >= 0.6 is 0 Å². The van der Waals surface area contributed by atoms with Crippen molar-refractivity contribution >= 4 is 23.7 Å². The summed E-state index contributed by atoms with van der Waals surface area (Å²) in [5.41, 5.74) is 4.91. The van der Waals surface area contributed by atoms with Gasteiger partial charge < -0.3 is 4.90 Å². The lowest BCUT2D eigenvalue weighted by Gasteiger charge is -2.43. The molecule has 3 fully saturated rings. The molecule has 1 N–H and O–H groups in total. The van der Waals surface area contributed by atoms with Crippen LogP contribution in [0.2, 0.25) is 0 Å². The second-order valence-electron chi connectivity index (χ2n) is 8.20. The monoisotopic (exact) mass is 411 g/mol. The van der Waals surface area contributed by atoms with E-state index in [1.807, 2.05) is 4.90 Å². The summed E-state index contributed by atoms with van der Waals surface area (Å²) in [6.45, 7) is 9.63. The molecule has 2 saturated heterocycles. The van der Waals surface area contributed by atoms with E-state index in [-0.39, 0.29) is 11.6 Å². The van der Waals surface area contributed by atoms with Crippen molar-refractivity contribution in [3.8, 4) is 0 Å². The van der Waals surface area contributed by atoms with Gasteiger partial charge in [0.1, 0.15) is 5.69 Å². The topological polar surface area (TPSA) is 94.0 Å². The highest BCUT2D eigenvalue weighted by Gasteiger charge is 2.30. The third-order valence-electron chi connectivity index (χ3n) is 6.22. The van der Waals surface area contributed by atoms with E-state index >= 15 is 0 Å². The van der Waals surface area contributed by atoms with E-state index < -0.39 is 0 Å². The number of anilines is 1. The van der Waals surface area contributed by atoms with Crippen LogP contribution in [0.4, 0.5) is 5.82 Å². The minimum atomic E-state index is 0.208. The molecule has 9 nitrogen and oxygen atoms in total. The molecule has 1 aliphatic carbocycles. The summed E-state index contributed by atoms with van der Waals surface area (Å²) in [6, 6.07) is 3.99. The molecule has 3 aliphatic rings. The molecule has 0 unspecified atom stereocenters. The predicted octanol–water partition coefficient (Wildman–Crippen LogP) is 1.02. The van der Waals surface area contributed by atoms with Gasteiger partial charge in [0.2, 0.25) is 5.91 Å². The summed E-state index contributed by atoms with van der Waals surface area (Å²) in [6.07, 6.45) is 5.35. The van der Waals surface area contributed by atoms with Gasteiger partial charge in [-0.3, -0.25) is 24.8 Å². The zero-order valence-corrected chi connectivity index (χ0v) is 17.3. The van der Waals surface area contributed by atoms with Gasteiger partial charge in [-0.2, -0.15) is 5.10 Å². The summed E-state index contributed by atoms with van der Waals surface area (Å²) in [4.78, 5) is 30.1. The standard InChI is InChI=1S/C21H29N7O2/c1-16-13-26(8-7-19(16)23-25-20-6-5-17(15-29)22-24-20)14-21(30)28-11-9-27(10-12-28)18-3-2-4-18/h5-6,15,18H,1-4,7-14H2,(H,24,25)/b23-19-. The van der Waals surface area contributed by atoms with Gasteiger partial charge in [0.05, 0.1) is 12.3 Å². The van der Waals surface area contributed by atoms with E-state index in [1.54, 1.807) is 12.1 Å². The van der Waals surface area contributed by atoms with Crippen LogP contribution in [0, 0.1) is 0 Å². The van der Waals surface area contributed by atoms with E-state index in [2.05, 4.69) is 37.1 Å². The molecule has 1 amide bonds. The lowest BCUT2D eigenvalue weighted by atomic mass is 9.91. The van der Waals surface area contributed by atoms with Crippen molar-refractivity contribution in [2.24, 2.45) is 5.10 Å². The number of carbonyl (C=O) groups is 2. The Morgan fingerprint density at radius 1 is 1.20 bits per heavy atom. The molecule has 30 heavy (non-hydrogen) atoms. The molecule has 1 aromatic heterocycles. The van der Waals surface area contributed by atoms with E-state index in [9.17, 15) is 9.59 Å². The molecular formula is C21H29N7O2. The lowest BCUT2D eigenvalue weighted by Crippen LogP contribution is -2.55. The zero-order valence-electron chi connectivity index (χ0n) is 17.3. The Hall–Kier alpha value is -2.65. The third-order valence-corrected chi connectivity index (χ3v) is 6.22. The summed E-state index contributed by atoms with van der Waals surface area (Å²) in [7, 11) is 0. The Balaban J connectivity index is 1.22. The number of amides is 1. The normalized spacial score (nSPS) is 22.7. The highest BCUT2D eigenvalue weighted by Crippen LogP contribution is 2.25. The van der Waals surface area contributed by atoms with Crippen LogP contribution in [-0.2, 0) is 4.79 Å². The highest BCUT2D eigenvalue weighted by molar-refractivity contribution is 6.01. The SMILES string of the molecule is C=C1CN(CC(=O)N2CCN(C3CCC3)CC2)CC/C1=N/Nc1ccc(C=O)nn1. The summed E-state index contributed by atoms with van der Waals surface area (Å²) in [5.74, 6) is 0.680. The van der Waals surface area contributed by atoms with Crippen molar-refractivity contribution in [2.45, 2.75) is 31.7 Å². The van der Waals surface area contributed by atoms with Crippen molar-refractivity contribution < 1.29 is 9.59 Å². The molecule has 0 radical (unpaired) electrons. The summed E-state index contributed by atoms with van der Waals surface area (Å²) in [5, 5.41) is 12.0. The van der Waals surface area contributed by atoms with Crippen LogP contribution in [0.5, 0.6) is 0 Å². The third kappa shape index (κ3) is 4.91. The highest BCUT2D eigenvalue weighted by atomic mass is 16.2. The number of carbonyl (C=O) groups excluding carboxylic acids is 2. The molecular weight excluding hydrogens is 382 g/mol. The molecule has 4 rings (SSSR count). The Labute approximate surface area is 176 Å². The van der Waals surface area contributed by atoms with Gasteiger partial charge in [0, 0.05) is 51.7 Å². The maximum Gasteiger partial charge on any atom is 0.236 e. The van der Waals surface area contributed by atoms with Gasteiger partial charge in [0.25, 0.3) is 0 Å². The molecule has 2 aliphatic heterocycles. The molecule has 1 saturated carbocycles. The number of likely N-dealkylation sites (tertiary alicyclic amines) is 1. The lowest BCUT2D eigenvalue weighted by molar-refractivity contribution is -0.134. The number of aromatic nitrogens is 2. The maximum absolute atomic E-state index is 12.7.